The van der Waals surface area contributed by atoms with Crippen molar-refractivity contribution in [1.29, 1.82) is 10.5 Å². The van der Waals surface area contributed by atoms with Gasteiger partial charge in [-0.15, -0.1) is 0 Å². The fourth-order valence-electron chi connectivity index (χ4n) is 5.31. The van der Waals surface area contributed by atoms with Gasteiger partial charge in [-0.1, -0.05) is 84.9 Å². The number of nitriles is 2. The number of aromatic hydroxyl groups is 1. The van der Waals surface area contributed by atoms with Crippen LogP contribution in [0, 0.1) is 22.7 Å². The van der Waals surface area contributed by atoms with E-state index in [4.69, 9.17) is 19.3 Å². The number of esters is 1. The van der Waals surface area contributed by atoms with Gasteiger partial charge in [0.2, 0.25) is 0 Å². The van der Waals surface area contributed by atoms with E-state index in [9.17, 15) is 25.2 Å². The highest BCUT2D eigenvalue weighted by atomic mass is 16.7. The molecule has 0 amide bonds. The SMILES string of the molecule is CCOC(=O)c1cc(-c2ccc(-c3ccccc3)c(C#N)c2)ncc1OCOC.N#Cc1cc(-c2cc(C(=O)O)c(O)cn2)ccc1-c1ccccc1. The second kappa shape index (κ2) is 17.5. The van der Waals surface area contributed by atoms with E-state index >= 15 is 0 Å². The fourth-order valence-corrected chi connectivity index (χ4v) is 5.31. The molecule has 53 heavy (non-hydrogen) atoms. The summed E-state index contributed by atoms with van der Waals surface area (Å²) < 4.78 is 15.5. The molecule has 0 atom stereocenters. The number of hydrogen-bond donors (Lipinski definition) is 2. The molecule has 0 saturated heterocycles. The van der Waals surface area contributed by atoms with Crippen LogP contribution in [0.4, 0.5) is 0 Å². The Bertz CT molecular complexity index is 2330. The quantitative estimate of drug-likeness (QED) is 0.104. The molecule has 2 N–H and O–H groups in total. The molecule has 6 rings (SSSR count). The number of benzene rings is 4. The van der Waals surface area contributed by atoms with E-state index in [0.29, 0.717) is 33.6 Å². The van der Waals surface area contributed by atoms with Gasteiger partial charge in [-0.2, -0.15) is 10.5 Å². The molecule has 2 aromatic heterocycles. The molecule has 11 nitrogen and oxygen atoms in total. The first-order chi connectivity index (χ1) is 25.8. The standard InChI is InChI=1S/C23H20N2O4.C19H12N2O3/c1-3-28-23(26)20-12-21(25-14-22(20)29-15-27-2)17-9-10-19(18(11-17)13-24)16-7-5-4-6-8-16;20-10-14-8-13(6-7-15(14)12-4-2-1-3-5-12)17-9-16(19(23)24)18(22)11-21-17/h4-12,14H,3,15H2,1-2H3;1-9,11,22H,(H,23,24). The van der Waals surface area contributed by atoms with Crippen LogP contribution in [-0.2, 0) is 9.47 Å². The minimum atomic E-state index is -1.24. The van der Waals surface area contributed by atoms with Crippen LogP contribution in [0.2, 0.25) is 0 Å². The van der Waals surface area contributed by atoms with Gasteiger partial charge in [-0.05, 0) is 53.4 Å². The van der Waals surface area contributed by atoms with Crippen LogP contribution in [-0.4, -0.2) is 52.6 Å². The van der Waals surface area contributed by atoms with Gasteiger partial charge >= 0.3 is 11.9 Å². The first kappa shape index (κ1) is 36.9. The molecule has 0 aliphatic rings. The van der Waals surface area contributed by atoms with Gasteiger partial charge in [-0.25, -0.2) is 9.59 Å². The van der Waals surface area contributed by atoms with Gasteiger partial charge in [0, 0.05) is 18.2 Å². The topological polar surface area (TPSA) is 176 Å². The molecule has 0 radical (unpaired) electrons. The summed E-state index contributed by atoms with van der Waals surface area (Å²) in [5.41, 5.74) is 6.74. The second-order valence-electron chi connectivity index (χ2n) is 11.2. The molecule has 4 aromatic carbocycles. The molecule has 0 saturated carbocycles. The largest absolute Gasteiger partial charge is 0.505 e. The normalized spacial score (nSPS) is 10.2. The predicted octanol–water partition coefficient (Wildman–Crippen LogP) is 8.14. The van der Waals surface area contributed by atoms with Gasteiger partial charge in [0.15, 0.2) is 12.5 Å². The molecular formula is C42H32N4O7. The minimum absolute atomic E-state index is 0.0161. The maximum atomic E-state index is 12.4. The number of aromatic carboxylic acids is 1. The predicted molar refractivity (Wildman–Crippen MR) is 197 cm³/mol. The van der Waals surface area contributed by atoms with Crippen molar-refractivity contribution in [1.82, 2.24) is 9.97 Å². The highest BCUT2D eigenvalue weighted by Crippen LogP contribution is 2.31. The molecule has 0 unspecified atom stereocenters. The Balaban J connectivity index is 0.000000208. The zero-order valence-electron chi connectivity index (χ0n) is 28.7. The summed E-state index contributed by atoms with van der Waals surface area (Å²) in [5, 5.41) is 37.7. The molecule has 0 aliphatic carbocycles. The fraction of sp³-hybridized carbons (Fsp3) is 0.0952. The van der Waals surface area contributed by atoms with Crippen molar-refractivity contribution in [3.05, 3.63) is 144 Å². The van der Waals surface area contributed by atoms with Crippen LogP contribution < -0.4 is 4.74 Å². The number of nitrogens with zero attached hydrogens (tertiary/aromatic N) is 4. The zero-order valence-corrected chi connectivity index (χ0v) is 28.7. The Labute approximate surface area is 305 Å². The lowest BCUT2D eigenvalue weighted by molar-refractivity contribution is 0.0436. The first-order valence-corrected chi connectivity index (χ1v) is 16.2. The van der Waals surface area contributed by atoms with E-state index in [1.165, 1.54) is 19.4 Å². The third-order valence-corrected chi connectivity index (χ3v) is 7.85. The van der Waals surface area contributed by atoms with E-state index in [2.05, 4.69) is 22.1 Å². The van der Waals surface area contributed by atoms with Crippen LogP contribution in [0.5, 0.6) is 11.5 Å². The van der Waals surface area contributed by atoms with Gasteiger partial charge in [0.05, 0.1) is 53.7 Å². The Morgan fingerprint density at radius 1 is 0.698 bits per heavy atom. The van der Waals surface area contributed by atoms with Crippen LogP contribution in [0.1, 0.15) is 38.8 Å². The lowest BCUT2D eigenvalue weighted by Crippen LogP contribution is -2.10. The van der Waals surface area contributed by atoms with Crippen molar-refractivity contribution < 1.29 is 34.0 Å². The molecule has 262 valence electrons. The lowest BCUT2D eigenvalue weighted by atomic mass is 9.97. The number of carbonyl (C=O) groups excluding carboxylic acids is 1. The number of methoxy groups -OCH3 is 1. The minimum Gasteiger partial charge on any atom is -0.505 e. The number of rotatable bonds is 10. The third-order valence-electron chi connectivity index (χ3n) is 7.85. The third kappa shape index (κ3) is 8.88. The number of pyridine rings is 2. The van der Waals surface area contributed by atoms with E-state index in [1.54, 1.807) is 37.3 Å². The maximum Gasteiger partial charge on any atom is 0.342 e. The molecule has 11 heteroatoms. The Kier molecular flexibility index (Phi) is 12.2. The number of carboxylic acid groups (broad SMARTS) is 1. The van der Waals surface area contributed by atoms with E-state index in [1.807, 2.05) is 72.8 Å². The lowest BCUT2D eigenvalue weighted by Gasteiger charge is -2.12. The van der Waals surface area contributed by atoms with Gasteiger partial charge < -0.3 is 24.4 Å². The highest BCUT2D eigenvalue weighted by Gasteiger charge is 2.18. The Morgan fingerprint density at radius 3 is 1.68 bits per heavy atom. The zero-order chi connectivity index (χ0) is 37.7. The second-order valence-corrected chi connectivity index (χ2v) is 11.2. The van der Waals surface area contributed by atoms with Crippen molar-refractivity contribution in [2.24, 2.45) is 0 Å². The Morgan fingerprint density at radius 2 is 1.21 bits per heavy atom. The molecule has 0 bridgehead atoms. The molecule has 6 aromatic rings. The van der Waals surface area contributed by atoms with Crippen LogP contribution in [0.25, 0.3) is 44.8 Å². The molecule has 0 spiro atoms. The Hall–Kier alpha value is -7.34. The van der Waals surface area contributed by atoms with Gasteiger partial charge in [0.1, 0.15) is 16.9 Å². The average Bonchev–Trinajstić information content (AvgIpc) is 3.20. The van der Waals surface area contributed by atoms with E-state index in [0.717, 1.165) is 28.5 Å². The van der Waals surface area contributed by atoms with Gasteiger partial charge in [0.25, 0.3) is 0 Å². The monoisotopic (exact) mass is 704 g/mol. The highest BCUT2D eigenvalue weighted by molar-refractivity contribution is 5.94. The number of carboxylic acids is 1. The van der Waals surface area contributed by atoms with Crippen molar-refractivity contribution >= 4 is 11.9 Å². The summed E-state index contributed by atoms with van der Waals surface area (Å²) in [6.07, 6.45) is 2.55. The van der Waals surface area contributed by atoms with E-state index in [-0.39, 0.29) is 30.3 Å². The molecular weight excluding hydrogens is 672 g/mol. The number of ether oxygens (including phenoxy) is 3. The molecule has 2 heterocycles. The summed E-state index contributed by atoms with van der Waals surface area (Å²) in [6.45, 7) is 1.96. The van der Waals surface area contributed by atoms with Crippen molar-refractivity contribution in [2.45, 2.75) is 6.92 Å². The average molecular weight is 705 g/mol. The number of carbonyl (C=O) groups is 2. The number of hydrogen-bond acceptors (Lipinski definition) is 10. The maximum absolute atomic E-state index is 12.4. The summed E-state index contributed by atoms with van der Waals surface area (Å²) in [6, 6.07) is 37.2. The summed E-state index contributed by atoms with van der Waals surface area (Å²) >= 11 is 0. The smallest absolute Gasteiger partial charge is 0.342 e. The number of aromatic nitrogens is 2. The summed E-state index contributed by atoms with van der Waals surface area (Å²) in [7, 11) is 1.49. The van der Waals surface area contributed by atoms with Crippen molar-refractivity contribution in [3.63, 3.8) is 0 Å². The molecule has 0 fully saturated rings. The van der Waals surface area contributed by atoms with Crippen LogP contribution in [0.3, 0.4) is 0 Å². The van der Waals surface area contributed by atoms with Crippen LogP contribution >= 0.6 is 0 Å². The summed E-state index contributed by atoms with van der Waals surface area (Å²) in [4.78, 5) is 31.9. The first-order valence-electron chi connectivity index (χ1n) is 16.2. The van der Waals surface area contributed by atoms with Gasteiger partial charge in [-0.3, -0.25) is 9.97 Å². The van der Waals surface area contributed by atoms with E-state index < -0.39 is 17.7 Å². The van der Waals surface area contributed by atoms with Crippen molar-refractivity contribution in [2.75, 3.05) is 20.5 Å². The molecule has 0 aliphatic heterocycles. The van der Waals surface area contributed by atoms with Crippen molar-refractivity contribution in [3.8, 4) is 68.4 Å². The summed E-state index contributed by atoms with van der Waals surface area (Å²) in [5.74, 6) is -1.87. The van der Waals surface area contributed by atoms with Crippen LogP contribution in [0.15, 0.2) is 122 Å².